The van der Waals surface area contributed by atoms with Crippen LogP contribution < -0.4 is 0 Å². The average Bonchev–Trinajstić information content (AvgIpc) is 2.75. The molecular formula is C11H15NO3. The standard InChI is InChI=1S/C11H15NO3/c1-8-10(11(13)14)6-9(15-8)7-12-4-2-3-5-12/h6H,2-5,7H2,1H3,(H,13,14). The Morgan fingerprint density at radius 3 is 2.73 bits per heavy atom. The number of carbonyl (C=O) groups is 1. The van der Waals surface area contributed by atoms with Gasteiger partial charge in [-0.05, 0) is 38.9 Å². The molecule has 1 aromatic rings. The zero-order valence-corrected chi connectivity index (χ0v) is 8.82. The van der Waals surface area contributed by atoms with Gasteiger partial charge >= 0.3 is 5.97 Å². The predicted octanol–water partition coefficient (Wildman–Crippen LogP) is 1.88. The van der Waals surface area contributed by atoms with E-state index in [-0.39, 0.29) is 5.56 Å². The Bertz CT molecular complexity index is 364. The number of carboxylic acids is 1. The highest BCUT2D eigenvalue weighted by molar-refractivity contribution is 5.88. The molecule has 1 aliphatic heterocycles. The van der Waals surface area contributed by atoms with Crippen LogP contribution in [0.3, 0.4) is 0 Å². The van der Waals surface area contributed by atoms with Crippen LogP contribution in [0.15, 0.2) is 10.5 Å². The third-order valence-electron chi connectivity index (χ3n) is 2.78. The summed E-state index contributed by atoms with van der Waals surface area (Å²) >= 11 is 0. The molecule has 4 nitrogen and oxygen atoms in total. The van der Waals surface area contributed by atoms with E-state index < -0.39 is 5.97 Å². The minimum Gasteiger partial charge on any atom is -0.478 e. The molecule has 82 valence electrons. The molecule has 1 N–H and O–H groups in total. The molecule has 0 amide bonds. The van der Waals surface area contributed by atoms with Crippen LogP contribution in [0.1, 0.15) is 34.7 Å². The van der Waals surface area contributed by atoms with E-state index in [9.17, 15) is 4.79 Å². The van der Waals surface area contributed by atoms with E-state index >= 15 is 0 Å². The number of aromatic carboxylic acids is 1. The smallest absolute Gasteiger partial charge is 0.339 e. The van der Waals surface area contributed by atoms with Gasteiger partial charge in [-0.2, -0.15) is 0 Å². The van der Waals surface area contributed by atoms with E-state index in [1.54, 1.807) is 13.0 Å². The van der Waals surface area contributed by atoms with Gasteiger partial charge in [0.05, 0.1) is 6.54 Å². The maximum absolute atomic E-state index is 10.8. The van der Waals surface area contributed by atoms with Crippen molar-refractivity contribution in [2.45, 2.75) is 26.3 Å². The molecule has 15 heavy (non-hydrogen) atoms. The van der Waals surface area contributed by atoms with Crippen molar-refractivity contribution in [2.24, 2.45) is 0 Å². The number of carboxylic acid groups (broad SMARTS) is 1. The largest absolute Gasteiger partial charge is 0.478 e. The predicted molar refractivity (Wildman–Crippen MR) is 54.9 cm³/mol. The summed E-state index contributed by atoms with van der Waals surface area (Å²) in [5.74, 6) is 0.340. The van der Waals surface area contributed by atoms with Gasteiger partial charge in [0.25, 0.3) is 0 Å². The van der Waals surface area contributed by atoms with Crippen molar-refractivity contribution in [3.8, 4) is 0 Å². The van der Waals surface area contributed by atoms with Gasteiger partial charge in [-0.25, -0.2) is 4.79 Å². The normalized spacial score (nSPS) is 17.1. The Balaban J connectivity index is 2.08. The lowest BCUT2D eigenvalue weighted by Gasteiger charge is -2.11. The topological polar surface area (TPSA) is 53.7 Å². The maximum Gasteiger partial charge on any atom is 0.339 e. The van der Waals surface area contributed by atoms with Gasteiger partial charge in [-0.1, -0.05) is 0 Å². The van der Waals surface area contributed by atoms with Gasteiger partial charge < -0.3 is 9.52 Å². The molecule has 4 heteroatoms. The number of hydrogen-bond acceptors (Lipinski definition) is 3. The third kappa shape index (κ3) is 2.21. The summed E-state index contributed by atoms with van der Waals surface area (Å²) < 4.78 is 5.42. The van der Waals surface area contributed by atoms with Crippen LogP contribution in [-0.2, 0) is 6.54 Å². The van der Waals surface area contributed by atoms with E-state index in [1.807, 2.05) is 0 Å². The average molecular weight is 209 g/mol. The van der Waals surface area contributed by atoms with Crippen molar-refractivity contribution in [1.82, 2.24) is 4.90 Å². The first-order valence-corrected chi connectivity index (χ1v) is 5.22. The van der Waals surface area contributed by atoms with Crippen molar-refractivity contribution in [2.75, 3.05) is 13.1 Å². The summed E-state index contributed by atoms with van der Waals surface area (Å²) in [6.07, 6.45) is 2.46. The third-order valence-corrected chi connectivity index (χ3v) is 2.78. The molecule has 0 atom stereocenters. The number of likely N-dealkylation sites (tertiary alicyclic amines) is 1. The second-order valence-electron chi connectivity index (χ2n) is 3.97. The molecule has 0 saturated carbocycles. The molecule has 0 radical (unpaired) electrons. The van der Waals surface area contributed by atoms with Gasteiger partial charge in [-0.15, -0.1) is 0 Å². The molecule has 2 heterocycles. The fourth-order valence-corrected chi connectivity index (χ4v) is 2.00. The highest BCUT2D eigenvalue weighted by Gasteiger charge is 2.17. The number of rotatable bonds is 3. The molecule has 1 aliphatic rings. The monoisotopic (exact) mass is 209 g/mol. The van der Waals surface area contributed by atoms with Crippen LogP contribution in [0.25, 0.3) is 0 Å². The van der Waals surface area contributed by atoms with Gasteiger partial charge in [0, 0.05) is 0 Å². The fourth-order valence-electron chi connectivity index (χ4n) is 2.00. The minimum atomic E-state index is -0.913. The van der Waals surface area contributed by atoms with E-state index in [1.165, 1.54) is 12.8 Å². The lowest BCUT2D eigenvalue weighted by atomic mass is 10.2. The zero-order valence-electron chi connectivity index (χ0n) is 8.82. The Morgan fingerprint density at radius 1 is 1.53 bits per heavy atom. The second kappa shape index (κ2) is 4.06. The highest BCUT2D eigenvalue weighted by Crippen LogP contribution is 2.18. The minimum absolute atomic E-state index is 0.282. The van der Waals surface area contributed by atoms with E-state index in [4.69, 9.17) is 9.52 Å². The molecule has 0 unspecified atom stereocenters. The molecule has 1 fully saturated rings. The zero-order chi connectivity index (χ0) is 10.8. The molecular weight excluding hydrogens is 194 g/mol. The van der Waals surface area contributed by atoms with Crippen LogP contribution in [0.5, 0.6) is 0 Å². The van der Waals surface area contributed by atoms with Crippen LogP contribution >= 0.6 is 0 Å². The Kier molecular flexibility index (Phi) is 2.77. The summed E-state index contributed by atoms with van der Waals surface area (Å²) in [5.41, 5.74) is 0.282. The van der Waals surface area contributed by atoms with Gasteiger partial charge in [0.2, 0.25) is 0 Å². The first-order chi connectivity index (χ1) is 7.16. The van der Waals surface area contributed by atoms with E-state index in [0.717, 1.165) is 25.4 Å². The van der Waals surface area contributed by atoms with Crippen molar-refractivity contribution in [3.63, 3.8) is 0 Å². The number of aryl methyl sites for hydroxylation is 1. The first kappa shape index (κ1) is 10.2. The molecule has 0 aromatic carbocycles. The Morgan fingerprint density at radius 2 is 2.20 bits per heavy atom. The second-order valence-corrected chi connectivity index (χ2v) is 3.97. The van der Waals surface area contributed by atoms with E-state index in [2.05, 4.69) is 4.90 Å². The van der Waals surface area contributed by atoms with Crippen LogP contribution in [-0.4, -0.2) is 29.1 Å². The van der Waals surface area contributed by atoms with Gasteiger partial charge in [-0.3, -0.25) is 4.90 Å². The lowest BCUT2D eigenvalue weighted by Crippen LogP contribution is -2.17. The lowest BCUT2D eigenvalue weighted by molar-refractivity contribution is 0.0695. The number of furan rings is 1. The summed E-state index contributed by atoms with van der Waals surface area (Å²) in [6, 6.07) is 1.63. The summed E-state index contributed by atoms with van der Waals surface area (Å²) in [4.78, 5) is 13.1. The molecule has 0 bridgehead atoms. The van der Waals surface area contributed by atoms with Crippen LogP contribution in [0.2, 0.25) is 0 Å². The molecule has 0 aliphatic carbocycles. The van der Waals surface area contributed by atoms with Crippen molar-refractivity contribution < 1.29 is 14.3 Å². The molecule has 1 saturated heterocycles. The van der Waals surface area contributed by atoms with Crippen molar-refractivity contribution in [1.29, 1.82) is 0 Å². The van der Waals surface area contributed by atoms with Gasteiger partial charge in [0.15, 0.2) is 0 Å². The van der Waals surface area contributed by atoms with E-state index in [0.29, 0.717) is 5.76 Å². The number of nitrogens with zero attached hydrogens (tertiary/aromatic N) is 1. The van der Waals surface area contributed by atoms with Crippen molar-refractivity contribution in [3.05, 3.63) is 23.2 Å². The van der Waals surface area contributed by atoms with Crippen LogP contribution in [0.4, 0.5) is 0 Å². The van der Waals surface area contributed by atoms with Crippen LogP contribution in [0, 0.1) is 6.92 Å². The molecule has 2 rings (SSSR count). The maximum atomic E-state index is 10.8. The summed E-state index contributed by atoms with van der Waals surface area (Å²) in [6.45, 7) is 4.59. The fraction of sp³-hybridized carbons (Fsp3) is 0.545. The number of hydrogen-bond donors (Lipinski definition) is 1. The SMILES string of the molecule is Cc1oc(CN2CCCC2)cc1C(=O)O. The first-order valence-electron chi connectivity index (χ1n) is 5.22. The molecule has 0 spiro atoms. The Labute approximate surface area is 88.5 Å². The quantitative estimate of drug-likeness (QED) is 0.825. The summed E-state index contributed by atoms with van der Waals surface area (Å²) in [7, 11) is 0. The molecule has 1 aromatic heterocycles. The van der Waals surface area contributed by atoms with Crippen molar-refractivity contribution >= 4 is 5.97 Å². The highest BCUT2D eigenvalue weighted by atomic mass is 16.4. The summed E-state index contributed by atoms with van der Waals surface area (Å²) in [5, 5.41) is 8.87. The Hall–Kier alpha value is -1.29. The van der Waals surface area contributed by atoms with Gasteiger partial charge in [0.1, 0.15) is 17.1 Å².